The molecule has 4 heteroatoms. The molecule has 0 rings (SSSR count). The van der Waals surface area contributed by atoms with Crippen molar-refractivity contribution in [2.24, 2.45) is 0 Å². The lowest BCUT2D eigenvalue weighted by Gasteiger charge is -2.28. The first-order valence-electron chi connectivity index (χ1n) is 13.3. The molecule has 0 aromatic rings. The van der Waals surface area contributed by atoms with Crippen molar-refractivity contribution in [2.45, 2.75) is 136 Å². The lowest BCUT2D eigenvalue weighted by atomic mass is 10.1. The molecule has 0 aromatic carbocycles. The molecule has 3 nitrogen and oxygen atoms in total. The summed E-state index contributed by atoms with van der Waals surface area (Å²) in [7, 11) is 4.13. The lowest BCUT2D eigenvalue weighted by Crippen LogP contribution is -3.00. The zero-order chi connectivity index (χ0) is 22.3. The van der Waals surface area contributed by atoms with Crippen molar-refractivity contribution in [3.63, 3.8) is 0 Å². The third kappa shape index (κ3) is 25.6. The van der Waals surface area contributed by atoms with Crippen LogP contribution in [0.2, 0.25) is 0 Å². The summed E-state index contributed by atoms with van der Waals surface area (Å²) in [5.41, 5.74) is 3.11. The van der Waals surface area contributed by atoms with Gasteiger partial charge in [0, 0.05) is 6.42 Å². The van der Waals surface area contributed by atoms with E-state index >= 15 is 0 Å². The maximum Gasteiger partial charge on any atom is 0.264 e. The average Bonchev–Trinajstić information content (AvgIpc) is 2.69. The van der Waals surface area contributed by atoms with Crippen LogP contribution < -0.4 is 17.8 Å². The van der Waals surface area contributed by atoms with E-state index in [1.54, 1.807) is 0 Å². The van der Waals surface area contributed by atoms with E-state index < -0.39 is 0 Å². The Labute approximate surface area is 201 Å². The Morgan fingerprint density at radius 3 is 1.52 bits per heavy atom. The molecular weight excluding hydrogens is 404 g/mol. The van der Waals surface area contributed by atoms with Gasteiger partial charge in [-0.15, -0.1) is 0 Å². The van der Waals surface area contributed by atoms with Crippen molar-refractivity contribution in [3.8, 4) is 0 Å². The molecular formula is C27H55ClN2O. The van der Waals surface area contributed by atoms with Gasteiger partial charge in [-0.1, -0.05) is 103 Å². The fourth-order valence-corrected chi connectivity index (χ4v) is 4.07. The zero-order valence-corrected chi connectivity index (χ0v) is 22.3. The molecule has 0 bridgehead atoms. The molecule has 31 heavy (non-hydrogen) atoms. The number of amides is 1. The first-order valence-corrected chi connectivity index (χ1v) is 13.3. The Hall–Kier alpha value is -0.540. The Morgan fingerprint density at radius 2 is 1.06 bits per heavy atom. The van der Waals surface area contributed by atoms with Crippen LogP contribution in [0.1, 0.15) is 136 Å². The number of unbranched alkanes of at least 4 members (excludes halogenated alkanes) is 15. The summed E-state index contributed by atoms with van der Waals surface area (Å²) in [5, 5.41) is 0. The fourth-order valence-electron chi connectivity index (χ4n) is 4.07. The van der Waals surface area contributed by atoms with Crippen LogP contribution in [0.15, 0.2) is 12.2 Å². The van der Waals surface area contributed by atoms with Crippen molar-refractivity contribution in [2.75, 3.05) is 20.6 Å². The van der Waals surface area contributed by atoms with E-state index in [2.05, 4.69) is 45.5 Å². The highest BCUT2D eigenvalue weighted by Gasteiger charge is 2.16. The summed E-state index contributed by atoms with van der Waals surface area (Å²) in [6, 6.07) is 0. The van der Waals surface area contributed by atoms with Gasteiger partial charge in [-0.3, -0.25) is 4.79 Å². The number of rotatable bonds is 22. The van der Waals surface area contributed by atoms with Crippen LogP contribution in [-0.2, 0) is 4.79 Å². The third-order valence-electron chi connectivity index (χ3n) is 5.88. The molecule has 0 aliphatic rings. The van der Waals surface area contributed by atoms with E-state index in [0.717, 1.165) is 19.4 Å². The predicted molar refractivity (Wildman–Crippen MR) is 133 cm³/mol. The van der Waals surface area contributed by atoms with Crippen molar-refractivity contribution in [3.05, 3.63) is 12.2 Å². The van der Waals surface area contributed by atoms with Crippen molar-refractivity contribution < 1.29 is 21.8 Å². The van der Waals surface area contributed by atoms with Crippen LogP contribution in [0.25, 0.3) is 0 Å². The second kappa shape index (κ2) is 24.1. The van der Waals surface area contributed by atoms with E-state index in [9.17, 15) is 4.79 Å². The Bertz CT molecular complexity index is 410. The number of quaternary nitrogens is 1. The molecule has 0 unspecified atom stereocenters. The minimum absolute atomic E-state index is 0. The standard InChI is InChI=1S/C27H54N2O.ClH/c1-5-7-8-9-10-11-12-13-14-15-16-17-18-19-20-21-22-23-24-25-27(30)28-29(3,4)26-6-2;/h13-14H,5-12,15-26H2,1-4H3;1H/b14-13-;. The van der Waals surface area contributed by atoms with E-state index in [1.807, 2.05) is 0 Å². The SMILES string of the molecule is CCCCCCCC/C=C\CCCCCCCCCCCC(=O)N[N+](C)(C)CCC.[Cl-]. The number of carbonyl (C=O) groups is 1. The van der Waals surface area contributed by atoms with Gasteiger partial charge in [0.05, 0.1) is 14.1 Å². The van der Waals surface area contributed by atoms with Gasteiger partial charge in [0.15, 0.2) is 0 Å². The largest absolute Gasteiger partial charge is 1.00 e. The number of allylic oxidation sites excluding steroid dienone is 2. The normalized spacial score (nSPS) is 11.6. The fraction of sp³-hybridized carbons (Fsp3) is 0.889. The maximum atomic E-state index is 12.0. The summed E-state index contributed by atoms with van der Waals surface area (Å²) in [5.74, 6) is 0.203. The highest BCUT2D eigenvalue weighted by molar-refractivity contribution is 5.74. The molecule has 0 radical (unpaired) electrons. The molecule has 1 N–H and O–H groups in total. The number of hydrogen-bond donors (Lipinski definition) is 1. The highest BCUT2D eigenvalue weighted by atomic mass is 35.5. The average molecular weight is 459 g/mol. The molecule has 0 fully saturated rings. The summed E-state index contributed by atoms with van der Waals surface area (Å²) < 4.78 is 0.601. The smallest absolute Gasteiger partial charge is 0.264 e. The first kappa shape index (κ1) is 32.6. The number of nitrogens with zero attached hydrogens (tertiary/aromatic N) is 1. The van der Waals surface area contributed by atoms with Crippen LogP contribution in [-0.4, -0.2) is 31.1 Å². The predicted octanol–water partition coefficient (Wildman–Crippen LogP) is 5.11. The molecule has 0 heterocycles. The maximum absolute atomic E-state index is 12.0. The monoisotopic (exact) mass is 458 g/mol. The van der Waals surface area contributed by atoms with Crippen molar-refractivity contribution in [1.82, 2.24) is 5.43 Å². The lowest BCUT2D eigenvalue weighted by molar-refractivity contribution is -0.925. The number of carbonyl (C=O) groups excluding carboxylic acids is 1. The summed E-state index contributed by atoms with van der Waals surface area (Å²) in [6.45, 7) is 5.42. The summed E-state index contributed by atoms with van der Waals surface area (Å²) >= 11 is 0. The molecule has 1 amide bonds. The van der Waals surface area contributed by atoms with Crippen LogP contribution in [0.5, 0.6) is 0 Å². The minimum atomic E-state index is 0. The van der Waals surface area contributed by atoms with Gasteiger partial charge >= 0.3 is 0 Å². The highest BCUT2D eigenvalue weighted by Crippen LogP contribution is 2.12. The molecule has 0 aromatic heterocycles. The quantitative estimate of drug-likeness (QED) is 0.104. The molecule has 0 saturated heterocycles. The van der Waals surface area contributed by atoms with Crippen LogP contribution in [0, 0.1) is 0 Å². The Morgan fingerprint density at radius 1 is 0.645 bits per heavy atom. The molecule has 0 aliphatic carbocycles. The molecule has 0 atom stereocenters. The minimum Gasteiger partial charge on any atom is -1.00 e. The molecule has 0 spiro atoms. The summed E-state index contributed by atoms with van der Waals surface area (Å²) in [6.07, 6.45) is 29.2. The van der Waals surface area contributed by atoms with Gasteiger partial charge in [0.1, 0.15) is 6.54 Å². The van der Waals surface area contributed by atoms with Gasteiger partial charge in [-0.05, 0) is 38.5 Å². The van der Waals surface area contributed by atoms with Crippen LogP contribution in [0.3, 0.4) is 0 Å². The van der Waals surface area contributed by atoms with Gasteiger partial charge in [0.25, 0.3) is 5.91 Å². The van der Waals surface area contributed by atoms with Crippen molar-refractivity contribution >= 4 is 5.91 Å². The zero-order valence-electron chi connectivity index (χ0n) is 21.5. The molecule has 186 valence electrons. The van der Waals surface area contributed by atoms with E-state index in [1.165, 1.54) is 103 Å². The number of hydrogen-bond acceptors (Lipinski definition) is 1. The van der Waals surface area contributed by atoms with E-state index in [0.29, 0.717) is 11.0 Å². The second-order valence-corrected chi connectivity index (χ2v) is 9.69. The van der Waals surface area contributed by atoms with Crippen molar-refractivity contribution in [1.29, 1.82) is 0 Å². The van der Waals surface area contributed by atoms with Gasteiger partial charge in [-0.2, -0.15) is 0 Å². The topological polar surface area (TPSA) is 29.1 Å². The number of nitrogens with one attached hydrogen (secondary N) is 1. The third-order valence-corrected chi connectivity index (χ3v) is 5.88. The van der Waals surface area contributed by atoms with E-state index in [4.69, 9.17) is 0 Å². The van der Waals surface area contributed by atoms with E-state index in [-0.39, 0.29) is 18.3 Å². The summed E-state index contributed by atoms with van der Waals surface area (Å²) in [4.78, 5) is 12.0. The second-order valence-electron chi connectivity index (χ2n) is 9.69. The van der Waals surface area contributed by atoms with Gasteiger partial charge < -0.3 is 12.4 Å². The van der Waals surface area contributed by atoms with Crippen LogP contribution >= 0.6 is 0 Å². The molecule has 0 aliphatic heterocycles. The van der Waals surface area contributed by atoms with Gasteiger partial charge in [0.2, 0.25) is 0 Å². The number of halogens is 1. The van der Waals surface area contributed by atoms with Gasteiger partial charge in [-0.25, -0.2) is 10.0 Å². The molecule has 0 saturated carbocycles. The Balaban J connectivity index is 0. The van der Waals surface area contributed by atoms with Crippen LogP contribution in [0.4, 0.5) is 0 Å². The Kier molecular flexibility index (Phi) is 25.4. The first-order chi connectivity index (χ1) is 14.5.